The van der Waals surface area contributed by atoms with Gasteiger partial charge in [0.2, 0.25) is 11.8 Å². The van der Waals surface area contributed by atoms with E-state index < -0.39 is 0 Å². The van der Waals surface area contributed by atoms with Crippen molar-refractivity contribution >= 4 is 17.0 Å². The Morgan fingerprint density at radius 3 is 3.15 bits per heavy atom. The Morgan fingerprint density at radius 1 is 1.50 bits per heavy atom. The van der Waals surface area contributed by atoms with E-state index in [4.69, 9.17) is 4.74 Å². The number of rotatable bonds is 5. The highest BCUT2D eigenvalue weighted by Gasteiger charge is 2.20. The predicted octanol–water partition coefficient (Wildman–Crippen LogP) is 1.26. The van der Waals surface area contributed by atoms with Crippen molar-refractivity contribution in [1.82, 2.24) is 25.1 Å². The summed E-state index contributed by atoms with van der Waals surface area (Å²) < 4.78 is 5.85. The van der Waals surface area contributed by atoms with Gasteiger partial charge in [-0.15, -0.1) is 0 Å². The van der Waals surface area contributed by atoms with E-state index in [1.165, 1.54) is 19.4 Å². The number of aromatic amines is 1. The first-order valence-corrected chi connectivity index (χ1v) is 7.00. The molecule has 3 rings (SSSR count). The van der Waals surface area contributed by atoms with E-state index in [1.807, 2.05) is 0 Å². The summed E-state index contributed by atoms with van der Waals surface area (Å²) >= 11 is 0. The van der Waals surface area contributed by atoms with Gasteiger partial charge in [-0.2, -0.15) is 15.1 Å². The van der Waals surface area contributed by atoms with Crippen LogP contribution in [-0.4, -0.2) is 58.4 Å². The van der Waals surface area contributed by atoms with E-state index in [0.29, 0.717) is 30.1 Å². The molecule has 0 radical (unpaired) electrons. The summed E-state index contributed by atoms with van der Waals surface area (Å²) in [6.45, 7) is 1.85. The highest BCUT2D eigenvalue weighted by atomic mass is 16.5. The SMILES string of the molecule is CNc1nc(OCCC2CCCN2C)c2cn[nH]c2n1. The standard InChI is InChI=1S/C13H20N6O/c1-14-13-16-11-10(8-15-18-11)12(17-13)20-7-5-9-4-3-6-19(9)2/h8-9H,3-7H2,1-2H3,(H2,14,15,16,17,18). The van der Waals surface area contributed by atoms with Gasteiger partial charge in [-0.1, -0.05) is 0 Å². The molecule has 1 aliphatic heterocycles. The Hall–Kier alpha value is -1.89. The van der Waals surface area contributed by atoms with E-state index >= 15 is 0 Å². The van der Waals surface area contributed by atoms with E-state index in [-0.39, 0.29) is 0 Å². The number of anilines is 1. The van der Waals surface area contributed by atoms with Gasteiger partial charge in [-0.25, -0.2) is 0 Å². The van der Waals surface area contributed by atoms with Crippen molar-refractivity contribution in [1.29, 1.82) is 0 Å². The maximum atomic E-state index is 5.85. The van der Waals surface area contributed by atoms with Crippen molar-refractivity contribution in [2.24, 2.45) is 0 Å². The van der Waals surface area contributed by atoms with Crippen molar-refractivity contribution in [3.8, 4) is 5.88 Å². The van der Waals surface area contributed by atoms with Gasteiger partial charge >= 0.3 is 0 Å². The van der Waals surface area contributed by atoms with Crippen LogP contribution in [0.15, 0.2) is 6.20 Å². The number of nitrogens with one attached hydrogen (secondary N) is 2. The monoisotopic (exact) mass is 276 g/mol. The summed E-state index contributed by atoms with van der Waals surface area (Å²) in [5.74, 6) is 1.13. The third-order valence-electron chi connectivity index (χ3n) is 3.86. The zero-order valence-corrected chi connectivity index (χ0v) is 11.9. The molecular weight excluding hydrogens is 256 g/mol. The molecule has 1 atom stereocenters. The molecule has 0 saturated carbocycles. The van der Waals surface area contributed by atoms with Crippen LogP contribution in [0.4, 0.5) is 5.95 Å². The lowest BCUT2D eigenvalue weighted by Crippen LogP contribution is -2.26. The van der Waals surface area contributed by atoms with Crippen molar-refractivity contribution in [2.45, 2.75) is 25.3 Å². The average Bonchev–Trinajstić information content (AvgIpc) is 3.07. The molecule has 1 aliphatic rings. The van der Waals surface area contributed by atoms with Crippen molar-refractivity contribution in [3.63, 3.8) is 0 Å². The number of hydrogen-bond acceptors (Lipinski definition) is 6. The molecule has 2 aromatic rings. The Balaban J connectivity index is 1.68. The van der Waals surface area contributed by atoms with Crippen LogP contribution in [0.3, 0.4) is 0 Å². The minimum Gasteiger partial charge on any atom is -0.477 e. The molecule has 7 nitrogen and oxygen atoms in total. The van der Waals surface area contributed by atoms with Gasteiger partial charge in [0.05, 0.1) is 12.8 Å². The number of H-pyrrole nitrogens is 1. The van der Waals surface area contributed by atoms with Crippen LogP contribution in [0.25, 0.3) is 11.0 Å². The van der Waals surface area contributed by atoms with Crippen molar-refractivity contribution < 1.29 is 4.74 Å². The fourth-order valence-electron chi connectivity index (χ4n) is 2.67. The largest absolute Gasteiger partial charge is 0.477 e. The van der Waals surface area contributed by atoms with Crippen LogP contribution >= 0.6 is 0 Å². The third-order valence-corrected chi connectivity index (χ3v) is 3.86. The van der Waals surface area contributed by atoms with Gasteiger partial charge in [0, 0.05) is 13.1 Å². The van der Waals surface area contributed by atoms with Crippen molar-refractivity contribution in [2.75, 3.05) is 32.6 Å². The molecule has 2 N–H and O–H groups in total. The van der Waals surface area contributed by atoms with Gasteiger partial charge in [-0.05, 0) is 32.9 Å². The molecule has 2 aromatic heterocycles. The molecule has 0 amide bonds. The lowest BCUT2D eigenvalue weighted by Gasteiger charge is -2.19. The molecule has 0 aliphatic carbocycles. The fourth-order valence-corrected chi connectivity index (χ4v) is 2.67. The molecule has 7 heteroatoms. The highest BCUT2D eigenvalue weighted by Crippen LogP contribution is 2.23. The zero-order chi connectivity index (χ0) is 13.9. The summed E-state index contributed by atoms with van der Waals surface area (Å²) in [5, 5.41) is 10.6. The minimum absolute atomic E-state index is 0.537. The van der Waals surface area contributed by atoms with Crippen LogP contribution in [0.5, 0.6) is 5.88 Å². The molecule has 1 saturated heterocycles. The quantitative estimate of drug-likeness (QED) is 0.856. The second-order valence-electron chi connectivity index (χ2n) is 5.15. The van der Waals surface area contributed by atoms with Crippen LogP contribution in [0.1, 0.15) is 19.3 Å². The van der Waals surface area contributed by atoms with Gasteiger partial charge in [0.25, 0.3) is 0 Å². The molecule has 3 heterocycles. The van der Waals surface area contributed by atoms with E-state index in [9.17, 15) is 0 Å². The Bertz CT molecular complexity index is 583. The molecule has 0 bridgehead atoms. The number of ether oxygens (including phenoxy) is 1. The van der Waals surface area contributed by atoms with E-state index in [2.05, 4.69) is 37.4 Å². The van der Waals surface area contributed by atoms with Gasteiger partial charge in [0.1, 0.15) is 5.39 Å². The number of hydrogen-bond donors (Lipinski definition) is 2. The van der Waals surface area contributed by atoms with Crippen LogP contribution in [-0.2, 0) is 0 Å². The Kier molecular flexibility index (Phi) is 3.68. The highest BCUT2D eigenvalue weighted by molar-refractivity contribution is 5.80. The maximum absolute atomic E-state index is 5.85. The van der Waals surface area contributed by atoms with Gasteiger partial charge in [-0.3, -0.25) is 5.10 Å². The number of likely N-dealkylation sites (tertiary alicyclic amines) is 1. The topological polar surface area (TPSA) is 79.0 Å². The summed E-state index contributed by atoms with van der Waals surface area (Å²) in [6, 6.07) is 0.625. The molecule has 0 spiro atoms. The number of aromatic nitrogens is 4. The molecule has 0 aromatic carbocycles. The predicted molar refractivity (Wildman–Crippen MR) is 77.0 cm³/mol. The van der Waals surface area contributed by atoms with Crippen LogP contribution in [0, 0.1) is 0 Å². The summed E-state index contributed by atoms with van der Waals surface area (Å²) in [6.07, 6.45) is 5.26. The van der Waals surface area contributed by atoms with Crippen molar-refractivity contribution in [3.05, 3.63) is 6.20 Å². The lowest BCUT2D eigenvalue weighted by atomic mass is 10.1. The number of fused-ring (bicyclic) bond motifs is 1. The Labute approximate surface area is 117 Å². The Morgan fingerprint density at radius 2 is 2.40 bits per heavy atom. The molecular formula is C13H20N6O. The summed E-state index contributed by atoms with van der Waals surface area (Å²) in [4.78, 5) is 11.0. The van der Waals surface area contributed by atoms with E-state index in [1.54, 1.807) is 13.2 Å². The lowest BCUT2D eigenvalue weighted by molar-refractivity contribution is 0.230. The van der Waals surface area contributed by atoms with Crippen LogP contribution < -0.4 is 10.1 Å². The second kappa shape index (κ2) is 5.62. The first-order chi connectivity index (χ1) is 9.78. The summed E-state index contributed by atoms with van der Waals surface area (Å²) in [5.41, 5.74) is 0.692. The van der Waals surface area contributed by atoms with E-state index in [0.717, 1.165) is 11.8 Å². The maximum Gasteiger partial charge on any atom is 0.229 e. The normalized spacial score (nSPS) is 19.6. The molecule has 1 unspecified atom stereocenters. The van der Waals surface area contributed by atoms with Gasteiger partial charge in [0.15, 0.2) is 5.65 Å². The smallest absolute Gasteiger partial charge is 0.229 e. The summed E-state index contributed by atoms with van der Waals surface area (Å²) in [7, 11) is 3.96. The minimum atomic E-state index is 0.537. The van der Waals surface area contributed by atoms with Gasteiger partial charge < -0.3 is 15.0 Å². The zero-order valence-electron chi connectivity index (χ0n) is 11.9. The second-order valence-corrected chi connectivity index (χ2v) is 5.15. The molecule has 1 fully saturated rings. The number of nitrogens with zero attached hydrogens (tertiary/aromatic N) is 4. The third kappa shape index (κ3) is 2.53. The molecule has 108 valence electrons. The fraction of sp³-hybridized carbons (Fsp3) is 0.615. The average molecular weight is 276 g/mol. The first kappa shape index (κ1) is 13.1. The first-order valence-electron chi connectivity index (χ1n) is 7.00. The molecule has 20 heavy (non-hydrogen) atoms. The van der Waals surface area contributed by atoms with Crippen LogP contribution in [0.2, 0.25) is 0 Å².